The molecule has 96 valence electrons. The summed E-state index contributed by atoms with van der Waals surface area (Å²) >= 11 is 0. The third-order valence-electron chi connectivity index (χ3n) is 2.34. The molecule has 0 unspecified atom stereocenters. The Morgan fingerprint density at radius 2 is 1.07 bits per heavy atom. The van der Waals surface area contributed by atoms with E-state index >= 15 is 0 Å². The topological polar surface area (TPSA) is 0 Å². The minimum atomic E-state index is 0. The van der Waals surface area contributed by atoms with Crippen LogP contribution in [-0.4, -0.2) is 0 Å². The first-order valence-corrected chi connectivity index (χ1v) is 6.54. The minimum absolute atomic E-state index is 0. The maximum Gasteiger partial charge on any atom is -0.0391 e. The highest BCUT2D eigenvalue weighted by Crippen LogP contribution is 2.30. The SMILES string of the molecule is C.CC.CC(C)C.CC(C)C1CCCC1. The van der Waals surface area contributed by atoms with Crippen molar-refractivity contribution >= 4 is 0 Å². The van der Waals surface area contributed by atoms with Gasteiger partial charge in [0.15, 0.2) is 0 Å². The molecule has 0 spiro atoms. The Morgan fingerprint density at radius 3 is 1.20 bits per heavy atom. The molecule has 1 fully saturated rings. The van der Waals surface area contributed by atoms with Crippen LogP contribution in [0.3, 0.4) is 0 Å². The Hall–Kier alpha value is 0. The lowest BCUT2D eigenvalue weighted by Crippen LogP contribution is -2.01. The van der Waals surface area contributed by atoms with Crippen molar-refractivity contribution in [1.29, 1.82) is 0 Å². The van der Waals surface area contributed by atoms with Gasteiger partial charge in [0.25, 0.3) is 0 Å². The molecule has 0 amide bonds. The van der Waals surface area contributed by atoms with E-state index < -0.39 is 0 Å². The van der Waals surface area contributed by atoms with Crippen LogP contribution < -0.4 is 0 Å². The van der Waals surface area contributed by atoms with Gasteiger partial charge >= 0.3 is 0 Å². The van der Waals surface area contributed by atoms with Gasteiger partial charge in [0.1, 0.15) is 0 Å². The lowest BCUT2D eigenvalue weighted by atomic mass is 9.95. The quantitative estimate of drug-likeness (QED) is 0.492. The monoisotopic (exact) mass is 216 g/mol. The van der Waals surface area contributed by atoms with Crippen molar-refractivity contribution in [3.8, 4) is 0 Å². The van der Waals surface area contributed by atoms with Crippen LogP contribution in [0.5, 0.6) is 0 Å². The minimum Gasteiger partial charge on any atom is -0.0776 e. The van der Waals surface area contributed by atoms with Crippen LogP contribution in [0, 0.1) is 17.8 Å². The summed E-state index contributed by atoms with van der Waals surface area (Å²) in [7, 11) is 0. The zero-order valence-corrected chi connectivity index (χ0v) is 11.6. The van der Waals surface area contributed by atoms with E-state index in [1.54, 1.807) is 0 Å². The molecular formula is C15H36. The average molecular weight is 216 g/mol. The highest BCUT2D eigenvalue weighted by molar-refractivity contribution is 4.69. The van der Waals surface area contributed by atoms with E-state index in [2.05, 4.69) is 34.6 Å². The molecule has 1 aliphatic rings. The zero-order valence-electron chi connectivity index (χ0n) is 11.6. The van der Waals surface area contributed by atoms with E-state index in [1.807, 2.05) is 13.8 Å². The second kappa shape index (κ2) is 14.0. The van der Waals surface area contributed by atoms with Crippen molar-refractivity contribution in [2.24, 2.45) is 17.8 Å². The third kappa shape index (κ3) is 16.7. The molecule has 0 radical (unpaired) electrons. The standard InChI is InChI=1S/C8H16.C4H10.C2H6.CH4/c1-7(2)8-5-3-4-6-8;1-4(2)3;1-2;/h7-8H,3-6H2,1-2H3;4H,1-3H3;1-2H3;1H4. The molecule has 0 N–H and O–H groups in total. The van der Waals surface area contributed by atoms with E-state index in [0.717, 1.165) is 17.8 Å². The Labute approximate surface area is 99.9 Å². The van der Waals surface area contributed by atoms with Crippen molar-refractivity contribution < 1.29 is 0 Å². The van der Waals surface area contributed by atoms with Crippen LogP contribution in [0.15, 0.2) is 0 Å². The highest BCUT2D eigenvalue weighted by atomic mass is 14.2. The molecule has 0 aromatic carbocycles. The van der Waals surface area contributed by atoms with E-state index in [1.165, 1.54) is 25.7 Å². The Bertz CT molecular complexity index is 83.5. The van der Waals surface area contributed by atoms with Crippen molar-refractivity contribution in [3.63, 3.8) is 0 Å². The molecule has 0 aromatic rings. The molecule has 1 rings (SSSR count). The van der Waals surface area contributed by atoms with Gasteiger partial charge in [0, 0.05) is 0 Å². The predicted molar refractivity (Wildman–Crippen MR) is 75.4 cm³/mol. The highest BCUT2D eigenvalue weighted by Gasteiger charge is 2.17. The maximum absolute atomic E-state index is 2.34. The van der Waals surface area contributed by atoms with Gasteiger partial charge in [-0.05, 0) is 17.8 Å². The predicted octanol–water partition coefficient (Wildman–Crippen LogP) is 6.16. The summed E-state index contributed by atoms with van der Waals surface area (Å²) in [5.74, 6) is 2.84. The van der Waals surface area contributed by atoms with Gasteiger partial charge in [-0.1, -0.05) is 81.6 Å². The normalized spacial score (nSPS) is 15.0. The molecule has 1 aliphatic carbocycles. The fourth-order valence-electron chi connectivity index (χ4n) is 1.62. The molecule has 0 heterocycles. The molecule has 0 aromatic heterocycles. The first-order valence-electron chi connectivity index (χ1n) is 6.54. The van der Waals surface area contributed by atoms with E-state index in [0.29, 0.717) is 0 Å². The van der Waals surface area contributed by atoms with Crippen LogP contribution in [0.25, 0.3) is 0 Å². The van der Waals surface area contributed by atoms with Gasteiger partial charge in [-0.15, -0.1) is 0 Å². The second-order valence-corrected chi connectivity index (χ2v) is 5.02. The van der Waals surface area contributed by atoms with Gasteiger partial charge in [0.05, 0.1) is 0 Å². The Kier molecular flexibility index (Phi) is 19.1. The van der Waals surface area contributed by atoms with Crippen LogP contribution in [0.2, 0.25) is 0 Å². The summed E-state index contributed by atoms with van der Waals surface area (Å²) in [6.07, 6.45) is 5.97. The van der Waals surface area contributed by atoms with Crippen LogP contribution in [0.1, 0.15) is 81.6 Å². The number of hydrogen-bond donors (Lipinski definition) is 0. The summed E-state index contributed by atoms with van der Waals surface area (Å²) in [6, 6.07) is 0. The van der Waals surface area contributed by atoms with Crippen molar-refractivity contribution in [1.82, 2.24) is 0 Å². The number of hydrogen-bond acceptors (Lipinski definition) is 0. The summed E-state index contributed by atoms with van der Waals surface area (Å²) < 4.78 is 0. The smallest absolute Gasteiger partial charge is 0.0391 e. The molecule has 0 nitrogen and oxygen atoms in total. The van der Waals surface area contributed by atoms with Gasteiger partial charge in [0.2, 0.25) is 0 Å². The maximum atomic E-state index is 2.34. The van der Waals surface area contributed by atoms with Crippen LogP contribution in [0.4, 0.5) is 0 Å². The van der Waals surface area contributed by atoms with Crippen molar-refractivity contribution in [3.05, 3.63) is 0 Å². The molecular weight excluding hydrogens is 180 g/mol. The summed E-state index contributed by atoms with van der Waals surface area (Å²) in [4.78, 5) is 0. The largest absolute Gasteiger partial charge is 0.0776 e. The molecule has 0 heteroatoms. The Balaban J connectivity index is -0.000000179. The number of rotatable bonds is 1. The summed E-state index contributed by atoms with van der Waals surface area (Å²) in [5, 5.41) is 0. The fourth-order valence-corrected chi connectivity index (χ4v) is 1.62. The van der Waals surface area contributed by atoms with Crippen molar-refractivity contribution in [2.75, 3.05) is 0 Å². The van der Waals surface area contributed by atoms with E-state index in [9.17, 15) is 0 Å². The van der Waals surface area contributed by atoms with Gasteiger partial charge < -0.3 is 0 Å². The summed E-state index contributed by atoms with van der Waals surface area (Å²) in [6.45, 7) is 15.2. The summed E-state index contributed by atoms with van der Waals surface area (Å²) in [5.41, 5.74) is 0. The molecule has 15 heavy (non-hydrogen) atoms. The average Bonchev–Trinajstić information content (AvgIpc) is 2.58. The Morgan fingerprint density at radius 1 is 0.800 bits per heavy atom. The van der Waals surface area contributed by atoms with Crippen LogP contribution >= 0.6 is 0 Å². The molecule has 0 atom stereocenters. The first kappa shape index (κ1) is 20.4. The van der Waals surface area contributed by atoms with Crippen molar-refractivity contribution in [2.45, 2.75) is 81.6 Å². The van der Waals surface area contributed by atoms with Gasteiger partial charge in [-0.3, -0.25) is 0 Å². The first-order chi connectivity index (χ1) is 6.54. The molecule has 0 bridgehead atoms. The lowest BCUT2D eigenvalue weighted by molar-refractivity contribution is 0.396. The second-order valence-electron chi connectivity index (χ2n) is 5.02. The molecule has 0 saturated heterocycles. The lowest BCUT2D eigenvalue weighted by Gasteiger charge is -2.11. The van der Waals surface area contributed by atoms with E-state index in [-0.39, 0.29) is 7.43 Å². The van der Waals surface area contributed by atoms with Gasteiger partial charge in [-0.2, -0.15) is 0 Å². The zero-order chi connectivity index (χ0) is 11.6. The third-order valence-corrected chi connectivity index (χ3v) is 2.34. The van der Waals surface area contributed by atoms with Crippen LogP contribution in [-0.2, 0) is 0 Å². The molecule has 0 aliphatic heterocycles. The molecule has 1 saturated carbocycles. The van der Waals surface area contributed by atoms with E-state index in [4.69, 9.17) is 0 Å². The van der Waals surface area contributed by atoms with Gasteiger partial charge in [-0.25, -0.2) is 0 Å². The fraction of sp³-hybridized carbons (Fsp3) is 1.00.